The molecular weight excluding hydrogens is 509 g/mol. The SMILES string of the molecule is CCCNC(=O)[C@H](CC)N(Cc1ccc(Cl)cc1Cl)C(=O)CN(c1cc(C)ccc1C)S(C)(=O)=O. The number of aryl methyl sites for hydroxylation is 2. The van der Waals surface area contributed by atoms with Gasteiger partial charge in [0.15, 0.2) is 0 Å². The van der Waals surface area contributed by atoms with E-state index in [0.717, 1.165) is 22.5 Å². The van der Waals surface area contributed by atoms with Crippen LogP contribution in [0.5, 0.6) is 0 Å². The summed E-state index contributed by atoms with van der Waals surface area (Å²) in [5, 5.41) is 3.64. The molecule has 0 aliphatic carbocycles. The molecule has 0 spiro atoms. The van der Waals surface area contributed by atoms with Gasteiger partial charge >= 0.3 is 0 Å². The Bertz CT molecular complexity index is 1170. The number of nitrogens with one attached hydrogen (secondary N) is 1. The number of benzene rings is 2. The van der Waals surface area contributed by atoms with Gasteiger partial charge in [0.1, 0.15) is 12.6 Å². The van der Waals surface area contributed by atoms with E-state index in [9.17, 15) is 18.0 Å². The fourth-order valence-electron chi connectivity index (χ4n) is 3.70. The zero-order chi connectivity index (χ0) is 26.3. The first kappa shape index (κ1) is 28.9. The first-order valence-electron chi connectivity index (χ1n) is 11.4. The largest absolute Gasteiger partial charge is 0.354 e. The predicted molar refractivity (Wildman–Crippen MR) is 142 cm³/mol. The molecule has 0 aromatic heterocycles. The monoisotopic (exact) mass is 541 g/mol. The first-order valence-corrected chi connectivity index (χ1v) is 14.1. The quantitative estimate of drug-likeness (QED) is 0.446. The van der Waals surface area contributed by atoms with Gasteiger partial charge in [0.25, 0.3) is 0 Å². The van der Waals surface area contributed by atoms with Gasteiger partial charge in [-0.3, -0.25) is 13.9 Å². The Labute approximate surface area is 218 Å². The summed E-state index contributed by atoms with van der Waals surface area (Å²) in [7, 11) is -3.80. The van der Waals surface area contributed by atoms with Crippen LogP contribution in [0.1, 0.15) is 43.4 Å². The average molecular weight is 543 g/mol. The van der Waals surface area contributed by atoms with E-state index >= 15 is 0 Å². The molecule has 0 saturated heterocycles. The van der Waals surface area contributed by atoms with Crippen molar-refractivity contribution in [2.45, 2.75) is 53.1 Å². The number of rotatable bonds is 11. The van der Waals surface area contributed by atoms with E-state index in [0.29, 0.717) is 39.8 Å². The van der Waals surface area contributed by atoms with Crippen LogP contribution in [0.4, 0.5) is 5.69 Å². The molecule has 0 fully saturated rings. The van der Waals surface area contributed by atoms with E-state index in [-0.39, 0.29) is 12.5 Å². The minimum Gasteiger partial charge on any atom is -0.354 e. The van der Waals surface area contributed by atoms with Crippen molar-refractivity contribution in [3.8, 4) is 0 Å². The zero-order valence-electron chi connectivity index (χ0n) is 20.8. The lowest BCUT2D eigenvalue weighted by atomic mass is 10.1. The van der Waals surface area contributed by atoms with Gasteiger partial charge in [-0.1, -0.05) is 55.2 Å². The molecule has 1 N–H and O–H groups in total. The lowest BCUT2D eigenvalue weighted by Crippen LogP contribution is -2.52. The number of nitrogens with zero attached hydrogens (tertiary/aromatic N) is 2. The van der Waals surface area contributed by atoms with Crippen molar-refractivity contribution in [2.75, 3.05) is 23.7 Å². The molecule has 2 aromatic rings. The molecule has 0 radical (unpaired) electrons. The Morgan fingerprint density at radius 3 is 2.31 bits per heavy atom. The molecule has 2 aromatic carbocycles. The maximum atomic E-state index is 13.7. The number of hydrogen-bond acceptors (Lipinski definition) is 4. The number of sulfonamides is 1. The highest BCUT2D eigenvalue weighted by Gasteiger charge is 2.32. The molecule has 0 aliphatic heterocycles. The third-order valence-corrected chi connectivity index (χ3v) is 7.32. The molecule has 0 aliphatic rings. The molecule has 2 rings (SSSR count). The molecule has 0 saturated carbocycles. The van der Waals surface area contributed by atoms with Crippen molar-refractivity contribution in [1.29, 1.82) is 0 Å². The van der Waals surface area contributed by atoms with Crippen molar-refractivity contribution in [1.82, 2.24) is 10.2 Å². The summed E-state index contributed by atoms with van der Waals surface area (Å²) in [5.74, 6) is -0.814. The number of halogens is 2. The maximum absolute atomic E-state index is 13.7. The number of amides is 2. The standard InChI is InChI=1S/C25H33Cl2N3O4S/c1-6-12-28-25(32)22(7-2)29(15-19-10-11-20(26)14-21(19)27)24(31)16-30(35(5,33)34)23-13-17(3)8-9-18(23)4/h8-11,13-14,22H,6-7,12,15-16H2,1-5H3,(H,28,32)/t22-/m0/s1. The molecule has 7 nitrogen and oxygen atoms in total. The molecule has 0 bridgehead atoms. The summed E-state index contributed by atoms with van der Waals surface area (Å²) in [6, 6.07) is 9.53. The zero-order valence-corrected chi connectivity index (χ0v) is 23.1. The number of carbonyl (C=O) groups excluding carboxylic acids is 2. The fourth-order valence-corrected chi connectivity index (χ4v) is 5.07. The molecule has 192 valence electrons. The highest BCUT2D eigenvalue weighted by atomic mass is 35.5. The van der Waals surface area contributed by atoms with Crippen LogP contribution in [0.25, 0.3) is 0 Å². The van der Waals surface area contributed by atoms with E-state index in [2.05, 4.69) is 5.32 Å². The van der Waals surface area contributed by atoms with Crippen LogP contribution in [-0.2, 0) is 26.2 Å². The Hall–Kier alpha value is -2.29. The minimum atomic E-state index is -3.80. The summed E-state index contributed by atoms with van der Waals surface area (Å²) >= 11 is 12.4. The fraction of sp³-hybridized carbons (Fsp3) is 0.440. The first-order chi connectivity index (χ1) is 16.4. The van der Waals surface area contributed by atoms with E-state index in [4.69, 9.17) is 23.2 Å². The molecule has 0 unspecified atom stereocenters. The second kappa shape index (κ2) is 12.6. The third-order valence-electron chi connectivity index (χ3n) is 5.60. The lowest BCUT2D eigenvalue weighted by molar-refractivity contribution is -0.140. The van der Waals surface area contributed by atoms with Crippen molar-refractivity contribution in [3.05, 3.63) is 63.1 Å². The molecule has 2 amide bonds. The van der Waals surface area contributed by atoms with Gasteiger partial charge in [0, 0.05) is 23.1 Å². The minimum absolute atomic E-state index is 0.0251. The van der Waals surface area contributed by atoms with Gasteiger partial charge in [-0.15, -0.1) is 0 Å². The van der Waals surface area contributed by atoms with Gasteiger partial charge in [0.05, 0.1) is 11.9 Å². The van der Waals surface area contributed by atoms with Crippen LogP contribution in [0.15, 0.2) is 36.4 Å². The summed E-state index contributed by atoms with van der Waals surface area (Å²) in [6.45, 7) is 7.42. The Balaban J connectivity index is 2.50. The van der Waals surface area contributed by atoms with Crippen LogP contribution >= 0.6 is 23.2 Å². The van der Waals surface area contributed by atoms with Crippen LogP contribution in [0, 0.1) is 13.8 Å². The van der Waals surface area contributed by atoms with Crippen LogP contribution < -0.4 is 9.62 Å². The highest BCUT2D eigenvalue weighted by molar-refractivity contribution is 7.92. The number of anilines is 1. The molecule has 10 heteroatoms. The van der Waals surface area contributed by atoms with Gasteiger partial charge in [0.2, 0.25) is 21.8 Å². The van der Waals surface area contributed by atoms with E-state index in [1.807, 2.05) is 26.0 Å². The third kappa shape index (κ3) is 7.85. The van der Waals surface area contributed by atoms with Crippen molar-refractivity contribution in [3.63, 3.8) is 0 Å². The average Bonchev–Trinajstić information content (AvgIpc) is 2.78. The molecule has 0 heterocycles. The van der Waals surface area contributed by atoms with Crippen molar-refractivity contribution in [2.24, 2.45) is 0 Å². The van der Waals surface area contributed by atoms with Gasteiger partial charge < -0.3 is 10.2 Å². The Kier molecular flexibility index (Phi) is 10.4. The van der Waals surface area contributed by atoms with Gasteiger partial charge in [-0.05, 0) is 61.6 Å². The Morgan fingerprint density at radius 1 is 1.06 bits per heavy atom. The number of carbonyl (C=O) groups is 2. The number of hydrogen-bond donors (Lipinski definition) is 1. The molecule has 1 atom stereocenters. The van der Waals surface area contributed by atoms with Crippen molar-refractivity contribution < 1.29 is 18.0 Å². The second-order valence-electron chi connectivity index (χ2n) is 8.53. The van der Waals surface area contributed by atoms with Crippen LogP contribution in [-0.4, -0.2) is 50.5 Å². The van der Waals surface area contributed by atoms with Gasteiger partial charge in [-0.25, -0.2) is 8.42 Å². The smallest absolute Gasteiger partial charge is 0.244 e. The normalized spacial score (nSPS) is 12.2. The van der Waals surface area contributed by atoms with E-state index in [1.165, 1.54) is 4.90 Å². The molecule has 35 heavy (non-hydrogen) atoms. The predicted octanol–water partition coefficient (Wildman–Crippen LogP) is 4.71. The summed E-state index contributed by atoms with van der Waals surface area (Å²) in [4.78, 5) is 28.1. The van der Waals surface area contributed by atoms with Crippen LogP contribution in [0.3, 0.4) is 0 Å². The van der Waals surface area contributed by atoms with E-state index < -0.39 is 28.5 Å². The second-order valence-corrected chi connectivity index (χ2v) is 11.3. The van der Waals surface area contributed by atoms with Crippen molar-refractivity contribution >= 4 is 50.7 Å². The Morgan fingerprint density at radius 2 is 1.74 bits per heavy atom. The van der Waals surface area contributed by atoms with Gasteiger partial charge in [-0.2, -0.15) is 0 Å². The van der Waals surface area contributed by atoms with E-state index in [1.54, 1.807) is 38.1 Å². The molecular formula is C25H33Cl2N3O4S. The lowest BCUT2D eigenvalue weighted by Gasteiger charge is -2.33. The topological polar surface area (TPSA) is 86.8 Å². The summed E-state index contributed by atoms with van der Waals surface area (Å²) in [6.07, 6.45) is 2.15. The highest BCUT2D eigenvalue weighted by Crippen LogP contribution is 2.26. The van der Waals surface area contributed by atoms with Crippen LogP contribution in [0.2, 0.25) is 10.0 Å². The summed E-state index contributed by atoms with van der Waals surface area (Å²) in [5.41, 5.74) is 2.60. The summed E-state index contributed by atoms with van der Waals surface area (Å²) < 4.78 is 26.6. The maximum Gasteiger partial charge on any atom is 0.244 e.